The smallest absolute Gasteiger partial charge is 0.211 e. The summed E-state index contributed by atoms with van der Waals surface area (Å²) in [5.74, 6) is 4.11. The van der Waals surface area contributed by atoms with E-state index in [1.165, 1.54) is 66.2 Å². The minimum absolute atomic E-state index is 0.264. The minimum atomic E-state index is -3.17. The Hall–Kier alpha value is -10.4. The lowest BCUT2D eigenvalue weighted by atomic mass is 10.1. The molecule has 0 N–H and O–H groups in total. The van der Waals surface area contributed by atoms with Crippen molar-refractivity contribution in [2.75, 3.05) is 86.4 Å². The van der Waals surface area contributed by atoms with E-state index >= 15 is 0 Å². The quantitative estimate of drug-likeness (QED) is 0.119. The van der Waals surface area contributed by atoms with Crippen molar-refractivity contribution in [3.63, 3.8) is 0 Å². The first-order chi connectivity index (χ1) is 44.3. The van der Waals surface area contributed by atoms with E-state index in [0.29, 0.717) is 32.0 Å². The van der Waals surface area contributed by atoms with Gasteiger partial charge in [0.15, 0.2) is 0 Å². The zero-order valence-electron chi connectivity index (χ0n) is 50.2. The zero-order chi connectivity index (χ0) is 62.6. The third-order valence-electron chi connectivity index (χ3n) is 16.5. The van der Waals surface area contributed by atoms with Crippen LogP contribution in [0.2, 0.25) is 0 Å². The minimum Gasteiger partial charge on any atom is -0.372 e. The molecule has 12 aromatic rings. The largest absolute Gasteiger partial charge is 0.372 e. The second-order valence-corrected chi connectivity index (χ2v) is 24.4. The first-order valence-corrected chi connectivity index (χ1v) is 31.9. The second-order valence-electron chi connectivity index (χ2n) is 22.5. The number of imidazole rings is 3. The molecule has 3 aliphatic heterocycles. The van der Waals surface area contributed by atoms with E-state index in [-0.39, 0.29) is 17.5 Å². The Balaban J connectivity index is 0.000000125. The Morgan fingerprint density at radius 2 is 0.736 bits per heavy atom. The Morgan fingerprint density at radius 1 is 0.407 bits per heavy atom. The number of fused-ring (bicyclic) bond motifs is 3. The molecule has 3 aromatic carbocycles. The topological polar surface area (TPSA) is 181 Å². The van der Waals surface area contributed by atoms with Crippen LogP contribution in [0, 0.1) is 17.5 Å². The van der Waals surface area contributed by atoms with Gasteiger partial charge in [0.1, 0.15) is 52.4 Å². The highest BCUT2D eigenvalue weighted by Gasteiger charge is 2.26. The van der Waals surface area contributed by atoms with E-state index in [2.05, 4.69) is 58.2 Å². The molecule has 15 rings (SSSR count). The molecule has 0 aliphatic carbocycles. The maximum atomic E-state index is 13.5. The summed E-state index contributed by atoms with van der Waals surface area (Å²) in [6.45, 7) is 14.0. The summed E-state index contributed by atoms with van der Waals surface area (Å²) < 4.78 is 71.3. The van der Waals surface area contributed by atoms with Gasteiger partial charge in [-0.3, -0.25) is 28.7 Å². The number of sulfonamides is 1. The van der Waals surface area contributed by atoms with Crippen LogP contribution < -0.4 is 14.7 Å². The number of hydrogen-bond donors (Lipinski definition) is 0. The lowest BCUT2D eigenvalue weighted by Gasteiger charge is -2.36. The molecule has 91 heavy (non-hydrogen) atoms. The van der Waals surface area contributed by atoms with Crippen molar-refractivity contribution >= 4 is 60.6 Å². The Kier molecular flexibility index (Phi) is 17.0. The Labute approximate surface area is 524 Å². The monoisotopic (exact) mass is 1240 g/mol. The number of piperazine rings is 2. The number of pyridine rings is 6. The van der Waals surface area contributed by atoms with Gasteiger partial charge in [-0.15, -0.1) is 0 Å². The number of hydrogen-bond acceptors (Lipinski definition) is 15. The highest BCUT2D eigenvalue weighted by Crippen LogP contribution is 2.33. The third-order valence-corrected chi connectivity index (χ3v) is 17.8. The molecule has 0 unspecified atom stereocenters. The van der Waals surface area contributed by atoms with Crippen molar-refractivity contribution < 1.29 is 21.6 Å². The third kappa shape index (κ3) is 12.9. The number of aromatic nitrogens is 12. The van der Waals surface area contributed by atoms with Gasteiger partial charge in [-0.05, 0) is 154 Å². The molecule has 460 valence electrons. The predicted octanol–water partition coefficient (Wildman–Crippen LogP) is 11.6. The fourth-order valence-corrected chi connectivity index (χ4v) is 12.5. The van der Waals surface area contributed by atoms with E-state index in [0.717, 1.165) is 141 Å². The van der Waals surface area contributed by atoms with Gasteiger partial charge in [-0.1, -0.05) is 6.58 Å². The average molecular weight is 1240 g/mol. The number of allylic oxidation sites excluding steroid dienone is 1. The van der Waals surface area contributed by atoms with E-state index < -0.39 is 10.0 Å². The van der Waals surface area contributed by atoms with Crippen molar-refractivity contribution in [3.8, 4) is 51.2 Å². The normalized spacial score (nSPS) is 14.7. The van der Waals surface area contributed by atoms with Crippen LogP contribution in [-0.4, -0.2) is 148 Å². The maximum Gasteiger partial charge on any atom is 0.211 e. The van der Waals surface area contributed by atoms with Gasteiger partial charge in [0, 0.05) is 142 Å². The van der Waals surface area contributed by atoms with Crippen molar-refractivity contribution in [2.24, 2.45) is 0 Å². The lowest BCUT2D eigenvalue weighted by Crippen LogP contribution is -2.48. The molecule has 0 amide bonds. The molecule has 0 spiro atoms. The summed E-state index contributed by atoms with van der Waals surface area (Å²) in [5, 5.41) is 0. The molecule has 23 heteroatoms. The van der Waals surface area contributed by atoms with Gasteiger partial charge in [-0.25, -0.2) is 51.5 Å². The number of benzene rings is 3. The van der Waals surface area contributed by atoms with Crippen LogP contribution in [0.5, 0.6) is 0 Å². The molecular formula is C68H64F3N17O2S. The van der Waals surface area contributed by atoms with E-state index in [4.69, 9.17) is 24.9 Å². The summed E-state index contributed by atoms with van der Waals surface area (Å²) >= 11 is 0. The maximum absolute atomic E-state index is 13.5. The van der Waals surface area contributed by atoms with Gasteiger partial charge in [0.05, 0.1) is 57.9 Å². The predicted molar refractivity (Wildman–Crippen MR) is 349 cm³/mol. The van der Waals surface area contributed by atoms with E-state index in [9.17, 15) is 21.6 Å². The molecule has 0 radical (unpaired) electrons. The summed E-state index contributed by atoms with van der Waals surface area (Å²) in [7, 11) is -3.17. The molecular weight excluding hydrogens is 1180 g/mol. The molecule has 0 saturated carbocycles. The molecule has 12 heterocycles. The van der Waals surface area contributed by atoms with Gasteiger partial charge in [0.25, 0.3) is 0 Å². The number of rotatable bonds is 11. The number of piperidine rings is 1. The molecule has 3 fully saturated rings. The fourth-order valence-electron chi connectivity index (χ4n) is 11.7. The molecule has 3 aliphatic rings. The van der Waals surface area contributed by atoms with E-state index in [1.54, 1.807) is 79.8 Å². The lowest BCUT2D eigenvalue weighted by molar-refractivity contribution is 0.322. The summed E-state index contributed by atoms with van der Waals surface area (Å²) in [4.78, 5) is 50.1. The first-order valence-electron chi connectivity index (χ1n) is 30.0. The highest BCUT2D eigenvalue weighted by atomic mass is 32.2. The van der Waals surface area contributed by atoms with Gasteiger partial charge in [0.2, 0.25) is 10.0 Å². The Morgan fingerprint density at radius 3 is 1.04 bits per heavy atom. The highest BCUT2D eigenvalue weighted by molar-refractivity contribution is 7.88. The Bertz CT molecular complexity index is 4620. The second kappa shape index (κ2) is 26.0. The van der Waals surface area contributed by atoms with Crippen molar-refractivity contribution in [2.45, 2.75) is 26.2 Å². The molecule has 0 bridgehead atoms. The fraction of sp³-hybridized carbons (Fsp3) is 0.221. The molecule has 3 saturated heterocycles. The standard InChI is InChI=1S/C24H23FN6.C22H21FN6O2S.C22H20FN5/c1-17(2)29-11-13-30(14-12-29)23-8-3-18(15-27-23)24-28-21-9-10-26-16-22(21)31(24)20-6-4-19(25)5-7-20;1-32(30,31)28-12-10-27(11-13-28)21-7-2-16(14-25-21)22-26-19-8-9-24-15-20(19)29(22)18-5-3-17(23)4-6-18;23-17-5-7-18(8-6-17)28-20-15-24-11-10-19(20)26-22(28)16-4-9-21(25-14-16)27-12-2-1-3-13-27/h3-10,15-16H,1,11-14H2,2H3;2-9,14-15H,10-13H2,1H3;4-11,14-15H,1-3,12-13H2. The molecule has 0 atom stereocenters. The van der Waals surface area contributed by atoms with Crippen LogP contribution in [0.15, 0.2) is 195 Å². The van der Waals surface area contributed by atoms with Gasteiger partial charge < -0.3 is 19.6 Å². The van der Waals surface area contributed by atoms with Crippen molar-refractivity contribution in [1.82, 2.24) is 67.8 Å². The van der Waals surface area contributed by atoms with Crippen LogP contribution in [0.25, 0.3) is 84.3 Å². The van der Waals surface area contributed by atoms with Gasteiger partial charge >= 0.3 is 0 Å². The number of halogens is 3. The van der Waals surface area contributed by atoms with Crippen LogP contribution in [-0.2, 0) is 10.0 Å². The molecule has 19 nitrogen and oxygen atoms in total. The van der Waals surface area contributed by atoms with Crippen molar-refractivity contribution in [3.05, 3.63) is 213 Å². The zero-order valence-corrected chi connectivity index (χ0v) is 51.0. The summed E-state index contributed by atoms with van der Waals surface area (Å²) in [6.07, 6.45) is 20.9. The summed E-state index contributed by atoms with van der Waals surface area (Å²) in [5.41, 5.74) is 11.2. The number of anilines is 3. The van der Waals surface area contributed by atoms with E-state index in [1.807, 2.05) is 75.5 Å². The van der Waals surface area contributed by atoms with Crippen molar-refractivity contribution in [1.29, 1.82) is 0 Å². The van der Waals surface area contributed by atoms with Crippen LogP contribution in [0.4, 0.5) is 30.6 Å². The number of nitrogens with zero attached hydrogens (tertiary/aromatic N) is 17. The van der Waals surface area contributed by atoms with Gasteiger partial charge in [-0.2, -0.15) is 4.31 Å². The SMILES string of the molecule is C=C(C)N1CCN(c2ccc(-c3nc4ccncc4n3-c3ccc(F)cc3)cn2)CC1.CS(=O)(=O)N1CCN(c2ccc(-c3nc4ccncc4n3-c3ccc(F)cc3)cn2)CC1.Fc1ccc(-n2c(-c3ccc(N4CCCCC4)nc3)nc3ccncc32)cc1. The molecule has 9 aromatic heterocycles. The summed E-state index contributed by atoms with van der Waals surface area (Å²) in [6, 6.07) is 36.7. The van der Waals surface area contributed by atoms with Crippen LogP contribution >= 0.6 is 0 Å². The van der Waals surface area contributed by atoms with Crippen LogP contribution in [0.1, 0.15) is 26.2 Å². The average Bonchev–Trinajstić information content (AvgIpc) is 1.73. The first kappa shape index (κ1) is 59.6. The van der Waals surface area contributed by atoms with Crippen LogP contribution in [0.3, 0.4) is 0 Å².